The van der Waals surface area contributed by atoms with E-state index in [1.54, 1.807) is 4.68 Å². The van der Waals surface area contributed by atoms with Crippen LogP contribution >= 0.6 is 0 Å². The molecule has 100 valence electrons. The molecule has 0 bridgehead atoms. The number of rotatable bonds is 4. The number of nitrogens with zero attached hydrogens (tertiary/aromatic N) is 2. The Hall–Kier alpha value is -2.37. The second-order valence-electron chi connectivity index (χ2n) is 4.19. The van der Waals surface area contributed by atoms with Crippen LogP contribution in [-0.2, 0) is 13.5 Å². The van der Waals surface area contributed by atoms with Crippen LogP contribution in [0.1, 0.15) is 16.1 Å². The molecule has 0 spiro atoms. The minimum absolute atomic E-state index is 0.127. The van der Waals surface area contributed by atoms with Crippen LogP contribution in [0.2, 0.25) is 0 Å². The topological polar surface area (TPSA) is 72.9 Å². The third-order valence-corrected chi connectivity index (χ3v) is 2.73. The molecule has 0 saturated heterocycles. The third-order valence-electron chi connectivity index (χ3n) is 2.73. The number of aromatic nitrogens is 2. The van der Waals surface area contributed by atoms with E-state index in [0.717, 1.165) is 5.69 Å². The zero-order valence-corrected chi connectivity index (χ0v) is 10.6. The Morgan fingerprint density at radius 3 is 2.95 bits per heavy atom. The van der Waals surface area contributed by atoms with Gasteiger partial charge < -0.3 is 11.1 Å². The van der Waals surface area contributed by atoms with E-state index in [9.17, 15) is 9.18 Å². The van der Waals surface area contributed by atoms with Crippen molar-refractivity contribution in [3.63, 3.8) is 0 Å². The number of anilines is 1. The second-order valence-corrected chi connectivity index (χ2v) is 4.19. The lowest BCUT2D eigenvalue weighted by atomic mass is 10.1. The Kier molecular flexibility index (Phi) is 3.79. The van der Waals surface area contributed by atoms with E-state index < -0.39 is 5.82 Å². The van der Waals surface area contributed by atoms with Crippen LogP contribution in [0, 0.1) is 5.82 Å². The van der Waals surface area contributed by atoms with E-state index in [4.69, 9.17) is 5.73 Å². The Balaban J connectivity index is 1.93. The first-order valence-electron chi connectivity index (χ1n) is 5.88. The number of nitrogens with one attached hydrogen (secondary N) is 1. The maximum atomic E-state index is 13.2. The fraction of sp³-hybridized carbons (Fsp3) is 0.231. The zero-order chi connectivity index (χ0) is 13.8. The second kappa shape index (κ2) is 5.51. The summed E-state index contributed by atoms with van der Waals surface area (Å²) in [5.41, 5.74) is 6.43. The van der Waals surface area contributed by atoms with Crippen molar-refractivity contribution in [2.45, 2.75) is 6.42 Å². The van der Waals surface area contributed by atoms with Crippen LogP contribution < -0.4 is 11.1 Å². The molecule has 1 heterocycles. The molecular formula is C13H15FN4O. The molecule has 0 radical (unpaired) electrons. The van der Waals surface area contributed by atoms with E-state index >= 15 is 0 Å². The smallest absolute Gasteiger partial charge is 0.253 e. The van der Waals surface area contributed by atoms with Crippen LogP contribution in [0.5, 0.6) is 0 Å². The summed E-state index contributed by atoms with van der Waals surface area (Å²) in [5, 5.41) is 6.88. The summed E-state index contributed by atoms with van der Waals surface area (Å²) in [4.78, 5) is 11.8. The van der Waals surface area contributed by atoms with Crippen LogP contribution in [0.4, 0.5) is 10.1 Å². The lowest BCUT2D eigenvalue weighted by Crippen LogP contribution is -2.26. The molecule has 0 fully saturated rings. The number of amides is 1. The number of carbonyl (C=O) groups excluding carboxylic acids is 1. The highest BCUT2D eigenvalue weighted by Gasteiger charge is 2.11. The van der Waals surface area contributed by atoms with Crippen LogP contribution in [0.15, 0.2) is 30.5 Å². The largest absolute Gasteiger partial charge is 0.396 e. The third kappa shape index (κ3) is 3.09. The molecule has 3 N–H and O–H groups in total. The predicted molar refractivity (Wildman–Crippen MR) is 70.1 cm³/mol. The standard InChI is InChI=1S/C13H15FN4O/c1-18-8-6-9(17-18)5-7-16-13(19)10-3-2-4-11(14)12(10)15/h2-4,6,8H,5,7,15H2,1H3,(H,16,19). The highest BCUT2D eigenvalue weighted by Crippen LogP contribution is 2.15. The van der Waals surface area contributed by atoms with Crippen molar-refractivity contribution < 1.29 is 9.18 Å². The summed E-state index contributed by atoms with van der Waals surface area (Å²) in [5.74, 6) is -0.967. The van der Waals surface area contributed by atoms with Crippen molar-refractivity contribution in [2.75, 3.05) is 12.3 Å². The van der Waals surface area contributed by atoms with Gasteiger partial charge in [-0.05, 0) is 18.2 Å². The molecule has 0 aliphatic rings. The van der Waals surface area contributed by atoms with Gasteiger partial charge in [-0.1, -0.05) is 6.07 Å². The molecule has 0 aliphatic carbocycles. The van der Waals surface area contributed by atoms with Crippen molar-refractivity contribution in [1.29, 1.82) is 0 Å². The highest BCUT2D eigenvalue weighted by atomic mass is 19.1. The number of para-hydroxylation sites is 1. The van der Waals surface area contributed by atoms with Gasteiger partial charge in [0.2, 0.25) is 0 Å². The van der Waals surface area contributed by atoms with Crippen LogP contribution in [0.25, 0.3) is 0 Å². The average molecular weight is 262 g/mol. The number of carbonyl (C=O) groups is 1. The number of hydrogen-bond donors (Lipinski definition) is 2. The molecular weight excluding hydrogens is 247 g/mol. The lowest BCUT2D eigenvalue weighted by Gasteiger charge is -2.07. The molecule has 0 aliphatic heterocycles. The molecule has 2 rings (SSSR count). The number of benzene rings is 1. The Labute approximate surface area is 110 Å². The first-order chi connectivity index (χ1) is 9.08. The summed E-state index contributed by atoms with van der Waals surface area (Å²) < 4.78 is 14.9. The highest BCUT2D eigenvalue weighted by molar-refractivity contribution is 5.99. The van der Waals surface area contributed by atoms with Gasteiger partial charge in [-0.2, -0.15) is 5.10 Å². The summed E-state index contributed by atoms with van der Waals surface area (Å²) in [6.45, 7) is 0.422. The maximum absolute atomic E-state index is 13.2. The molecule has 6 heteroatoms. The van der Waals surface area contributed by atoms with Crippen molar-refractivity contribution in [1.82, 2.24) is 15.1 Å². The van der Waals surface area contributed by atoms with Gasteiger partial charge in [-0.25, -0.2) is 4.39 Å². The first kappa shape index (κ1) is 13.1. The first-order valence-corrected chi connectivity index (χ1v) is 5.88. The molecule has 5 nitrogen and oxygen atoms in total. The van der Waals surface area contributed by atoms with Gasteiger partial charge in [0.1, 0.15) is 5.82 Å². The zero-order valence-electron chi connectivity index (χ0n) is 10.6. The lowest BCUT2D eigenvalue weighted by molar-refractivity contribution is 0.0954. The van der Waals surface area contributed by atoms with E-state index in [2.05, 4.69) is 10.4 Å². The molecule has 1 amide bonds. The minimum atomic E-state index is -0.586. The van der Waals surface area contributed by atoms with Gasteiger partial charge in [-0.3, -0.25) is 9.48 Å². The molecule has 1 aromatic heterocycles. The van der Waals surface area contributed by atoms with Crippen LogP contribution in [0.3, 0.4) is 0 Å². The average Bonchev–Trinajstić information content (AvgIpc) is 2.78. The monoisotopic (exact) mass is 262 g/mol. The molecule has 19 heavy (non-hydrogen) atoms. The summed E-state index contributed by atoms with van der Waals surface area (Å²) >= 11 is 0. The quantitative estimate of drug-likeness (QED) is 0.811. The number of aryl methyl sites for hydroxylation is 1. The van der Waals surface area contributed by atoms with Crippen molar-refractivity contribution in [2.24, 2.45) is 7.05 Å². The number of hydrogen-bond acceptors (Lipinski definition) is 3. The fourth-order valence-electron chi connectivity index (χ4n) is 1.73. The Morgan fingerprint density at radius 1 is 1.47 bits per heavy atom. The van der Waals surface area contributed by atoms with Gasteiger partial charge >= 0.3 is 0 Å². The van der Waals surface area contributed by atoms with Gasteiger partial charge in [0.25, 0.3) is 5.91 Å². The number of halogens is 1. The molecule has 0 unspecified atom stereocenters. The maximum Gasteiger partial charge on any atom is 0.253 e. The van der Waals surface area contributed by atoms with Gasteiger partial charge in [0.05, 0.1) is 16.9 Å². The van der Waals surface area contributed by atoms with Crippen molar-refractivity contribution in [3.05, 3.63) is 47.5 Å². The Bertz CT molecular complexity index is 594. The molecule has 1 aromatic carbocycles. The van der Waals surface area contributed by atoms with E-state index in [-0.39, 0.29) is 17.2 Å². The number of nitrogens with two attached hydrogens (primary N) is 1. The minimum Gasteiger partial charge on any atom is -0.396 e. The van der Waals surface area contributed by atoms with E-state index in [1.807, 2.05) is 19.3 Å². The predicted octanol–water partition coefficient (Wildman–Crippen LogP) is 1.11. The van der Waals surface area contributed by atoms with Gasteiger partial charge in [-0.15, -0.1) is 0 Å². The normalized spacial score (nSPS) is 10.4. The van der Waals surface area contributed by atoms with Gasteiger partial charge in [0, 0.05) is 26.2 Å². The SMILES string of the molecule is Cn1ccc(CCNC(=O)c2cccc(F)c2N)n1. The Morgan fingerprint density at radius 2 is 2.26 bits per heavy atom. The molecule has 0 saturated carbocycles. The fourth-order valence-corrected chi connectivity index (χ4v) is 1.73. The summed E-state index contributed by atoms with van der Waals surface area (Å²) in [6.07, 6.45) is 2.45. The van der Waals surface area contributed by atoms with E-state index in [0.29, 0.717) is 13.0 Å². The molecule has 0 atom stereocenters. The van der Waals surface area contributed by atoms with Crippen molar-refractivity contribution >= 4 is 11.6 Å². The summed E-state index contributed by atoms with van der Waals surface area (Å²) in [7, 11) is 1.83. The molecule has 2 aromatic rings. The van der Waals surface area contributed by atoms with E-state index in [1.165, 1.54) is 18.2 Å². The van der Waals surface area contributed by atoms with Crippen molar-refractivity contribution in [3.8, 4) is 0 Å². The number of nitrogen functional groups attached to an aromatic ring is 1. The van der Waals surface area contributed by atoms with Crippen LogP contribution in [-0.4, -0.2) is 22.2 Å². The van der Waals surface area contributed by atoms with Gasteiger partial charge in [0.15, 0.2) is 0 Å². The summed E-state index contributed by atoms with van der Waals surface area (Å²) in [6, 6.07) is 6.05.